The molecule has 0 aliphatic carbocycles. The minimum atomic E-state index is 0.214. The third kappa shape index (κ3) is 2.15. The lowest BCUT2D eigenvalue weighted by Gasteiger charge is -2.12. The van der Waals surface area contributed by atoms with E-state index in [1.54, 1.807) is 0 Å². The van der Waals surface area contributed by atoms with Crippen LogP contribution in [0.4, 0.5) is 4.79 Å². The van der Waals surface area contributed by atoms with Crippen LogP contribution in [-0.4, -0.2) is 35.0 Å². The first-order valence-electron chi connectivity index (χ1n) is 4.92. The van der Waals surface area contributed by atoms with E-state index in [1.807, 2.05) is 27.5 Å². The first-order valence-corrected chi connectivity index (χ1v) is 6.00. The van der Waals surface area contributed by atoms with Crippen molar-refractivity contribution in [1.29, 1.82) is 0 Å². The van der Waals surface area contributed by atoms with Gasteiger partial charge in [-0.1, -0.05) is 0 Å². The molecule has 2 fully saturated rings. The second-order valence-electron chi connectivity index (χ2n) is 4.02. The molecule has 13 heavy (non-hydrogen) atoms. The Hall–Kier alpha value is 0.160. The summed E-state index contributed by atoms with van der Waals surface area (Å²) in [5, 5.41) is 3.44. The van der Waals surface area contributed by atoms with Gasteiger partial charge in [-0.2, -0.15) is 0 Å². The molecule has 0 saturated carbocycles. The predicted molar refractivity (Wildman–Crippen MR) is 60.1 cm³/mol. The number of carbonyl (C=O) groups is 1. The summed E-state index contributed by atoms with van der Waals surface area (Å²) >= 11 is 1.89. The largest absolute Gasteiger partial charge is 0.334 e. The lowest BCUT2D eigenvalue weighted by atomic mass is 9.93. The van der Waals surface area contributed by atoms with Gasteiger partial charge in [-0.05, 0) is 37.8 Å². The number of carbonyl (C=O) groups excluding carboxylic acids is 1. The Morgan fingerprint density at radius 1 is 1.38 bits per heavy atom. The first kappa shape index (κ1) is 9.71. The highest BCUT2D eigenvalue weighted by atomic mass is 127. The Kier molecular flexibility index (Phi) is 3.08. The fourth-order valence-corrected chi connectivity index (χ4v) is 2.81. The van der Waals surface area contributed by atoms with Crippen molar-refractivity contribution < 1.29 is 4.79 Å². The van der Waals surface area contributed by atoms with E-state index in [0.717, 1.165) is 32.1 Å². The molecule has 0 aromatic heterocycles. The van der Waals surface area contributed by atoms with Gasteiger partial charge in [-0.15, -0.1) is 0 Å². The highest BCUT2D eigenvalue weighted by Crippen LogP contribution is 2.29. The van der Waals surface area contributed by atoms with Gasteiger partial charge in [0.2, 0.25) is 0 Å². The highest BCUT2D eigenvalue weighted by molar-refractivity contribution is 14.1. The number of hydrogen-bond donors (Lipinski definition) is 1. The van der Waals surface area contributed by atoms with Crippen molar-refractivity contribution in [1.82, 2.24) is 10.2 Å². The molecule has 0 aromatic carbocycles. The maximum Gasteiger partial charge on any atom is 0.283 e. The van der Waals surface area contributed by atoms with E-state index >= 15 is 0 Å². The van der Waals surface area contributed by atoms with Gasteiger partial charge < -0.3 is 10.2 Å². The molecule has 2 atom stereocenters. The molecule has 2 aliphatic rings. The van der Waals surface area contributed by atoms with Gasteiger partial charge in [0, 0.05) is 35.7 Å². The molecule has 4 heteroatoms. The zero-order chi connectivity index (χ0) is 9.26. The lowest BCUT2D eigenvalue weighted by Crippen LogP contribution is -2.27. The molecule has 0 spiro atoms. The standard InChI is InChI=1S/C9H15IN2O/c10-9(13)12-5-7-2-1-3-11-4-8(7)6-12/h7-8,11H,1-6H2. The van der Waals surface area contributed by atoms with E-state index in [0.29, 0.717) is 5.92 Å². The Bertz CT molecular complexity index is 196. The van der Waals surface area contributed by atoms with Crippen molar-refractivity contribution in [3.8, 4) is 0 Å². The molecule has 3 nitrogen and oxygen atoms in total. The summed E-state index contributed by atoms with van der Waals surface area (Å²) in [6.45, 7) is 4.23. The van der Waals surface area contributed by atoms with Crippen molar-refractivity contribution in [3.63, 3.8) is 0 Å². The summed E-state index contributed by atoms with van der Waals surface area (Å²) < 4.78 is 0.214. The molecule has 74 valence electrons. The van der Waals surface area contributed by atoms with Gasteiger partial charge in [-0.3, -0.25) is 4.79 Å². The molecule has 0 bridgehead atoms. The molecule has 0 radical (unpaired) electrons. The Labute approximate surface area is 92.4 Å². The summed E-state index contributed by atoms with van der Waals surface area (Å²) in [4.78, 5) is 13.2. The number of rotatable bonds is 0. The van der Waals surface area contributed by atoms with E-state index in [4.69, 9.17) is 0 Å². The quantitative estimate of drug-likeness (QED) is 0.417. The second kappa shape index (κ2) is 4.13. The van der Waals surface area contributed by atoms with Crippen LogP contribution in [0, 0.1) is 11.8 Å². The average Bonchev–Trinajstić information content (AvgIpc) is 2.38. The third-order valence-corrected chi connectivity index (χ3v) is 3.84. The Morgan fingerprint density at radius 2 is 2.15 bits per heavy atom. The zero-order valence-electron chi connectivity index (χ0n) is 7.63. The van der Waals surface area contributed by atoms with Crippen LogP contribution in [0.1, 0.15) is 12.8 Å². The van der Waals surface area contributed by atoms with Crippen molar-refractivity contribution >= 4 is 26.5 Å². The van der Waals surface area contributed by atoms with Crippen LogP contribution < -0.4 is 5.32 Å². The van der Waals surface area contributed by atoms with Gasteiger partial charge in [0.15, 0.2) is 0 Å². The Morgan fingerprint density at radius 3 is 2.92 bits per heavy atom. The van der Waals surface area contributed by atoms with Crippen LogP contribution in [-0.2, 0) is 0 Å². The molecule has 0 aromatic rings. The van der Waals surface area contributed by atoms with Crippen LogP contribution in [0.25, 0.3) is 0 Å². The van der Waals surface area contributed by atoms with E-state index < -0.39 is 0 Å². The van der Waals surface area contributed by atoms with Crippen LogP contribution >= 0.6 is 22.6 Å². The summed E-state index contributed by atoms with van der Waals surface area (Å²) in [6.07, 6.45) is 2.56. The van der Waals surface area contributed by atoms with Gasteiger partial charge in [-0.25, -0.2) is 0 Å². The maximum absolute atomic E-state index is 11.2. The van der Waals surface area contributed by atoms with E-state index in [1.165, 1.54) is 12.8 Å². The second-order valence-corrected chi connectivity index (χ2v) is 4.95. The Balaban J connectivity index is 1.97. The SMILES string of the molecule is O=C(I)N1CC2CCCNCC2C1. The fourth-order valence-electron chi connectivity index (χ4n) is 2.42. The summed E-state index contributed by atoms with van der Waals surface area (Å²) in [6, 6.07) is 0. The molecule has 2 aliphatic heterocycles. The minimum absolute atomic E-state index is 0.214. The van der Waals surface area contributed by atoms with Gasteiger partial charge in [0.25, 0.3) is 3.91 Å². The van der Waals surface area contributed by atoms with Crippen molar-refractivity contribution in [2.24, 2.45) is 11.8 Å². The van der Waals surface area contributed by atoms with E-state index in [9.17, 15) is 4.79 Å². The highest BCUT2D eigenvalue weighted by Gasteiger charge is 2.34. The number of hydrogen-bond acceptors (Lipinski definition) is 2. The molecular weight excluding hydrogens is 279 g/mol. The maximum atomic E-state index is 11.2. The van der Waals surface area contributed by atoms with Crippen molar-refractivity contribution in [2.75, 3.05) is 26.2 Å². The van der Waals surface area contributed by atoms with Crippen molar-refractivity contribution in [3.05, 3.63) is 0 Å². The van der Waals surface area contributed by atoms with Crippen LogP contribution in [0.3, 0.4) is 0 Å². The number of likely N-dealkylation sites (tertiary alicyclic amines) is 1. The monoisotopic (exact) mass is 294 g/mol. The molecule has 2 rings (SSSR count). The molecule has 1 amide bonds. The average molecular weight is 294 g/mol. The molecule has 2 saturated heterocycles. The summed E-state index contributed by atoms with van der Waals surface area (Å²) in [7, 11) is 0. The van der Waals surface area contributed by atoms with Gasteiger partial charge in [0.1, 0.15) is 0 Å². The van der Waals surface area contributed by atoms with E-state index in [2.05, 4.69) is 5.32 Å². The minimum Gasteiger partial charge on any atom is -0.334 e. The molecule has 2 heterocycles. The molecule has 1 N–H and O–H groups in total. The molecule has 2 unspecified atom stereocenters. The van der Waals surface area contributed by atoms with Gasteiger partial charge >= 0.3 is 0 Å². The smallest absolute Gasteiger partial charge is 0.283 e. The lowest BCUT2D eigenvalue weighted by molar-refractivity contribution is 0.233. The zero-order valence-corrected chi connectivity index (χ0v) is 9.79. The number of amides is 1. The number of fused-ring (bicyclic) bond motifs is 1. The van der Waals surface area contributed by atoms with Crippen LogP contribution in [0.5, 0.6) is 0 Å². The molecular formula is C9H15IN2O. The number of halogens is 1. The summed E-state index contributed by atoms with van der Waals surface area (Å²) in [5.74, 6) is 1.47. The van der Waals surface area contributed by atoms with Crippen molar-refractivity contribution in [2.45, 2.75) is 12.8 Å². The number of nitrogens with zero attached hydrogens (tertiary/aromatic N) is 1. The fraction of sp³-hybridized carbons (Fsp3) is 0.889. The number of nitrogens with one attached hydrogen (secondary N) is 1. The predicted octanol–water partition coefficient (Wildman–Crippen LogP) is 1.47. The van der Waals surface area contributed by atoms with Crippen LogP contribution in [0.15, 0.2) is 0 Å². The first-order chi connectivity index (χ1) is 6.27. The normalized spacial score (nSPS) is 34.1. The third-order valence-electron chi connectivity index (χ3n) is 3.16. The van der Waals surface area contributed by atoms with Gasteiger partial charge in [0.05, 0.1) is 0 Å². The van der Waals surface area contributed by atoms with Crippen LogP contribution in [0.2, 0.25) is 0 Å². The van der Waals surface area contributed by atoms with E-state index in [-0.39, 0.29) is 3.91 Å². The summed E-state index contributed by atoms with van der Waals surface area (Å²) in [5.41, 5.74) is 0. The topological polar surface area (TPSA) is 32.3 Å².